The van der Waals surface area contributed by atoms with E-state index in [1.54, 1.807) is 48.6 Å². The van der Waals surface area contributed by atoms with E-state index in [0.29, 0.717) is 22.6 Å². The number of hydrogen-bond acceptors (Lipinski definition) is 5. The molecule has 2 aromatic rings. The second-order valence-corrected chi connectivity index (χ2v) is 6.71. The molecule has 3 rings (SSSR count). The molecule has 0 spiro atoms. The van der Waals surface area contributed by atoms with Crippen molar-refractivity contribution in [2.45, 2.75) is 18.6 Å². The quantitative estimate of drug-likeness (QED) is 0.693. The second kappa shape index (κ2) is 7.50. The molecule has 6 heteroatoms. The predicted molar refractivity (Wildman–Crippen MR) is 107 cm³/mol. The van der Waals surface area contributed by atoms with Crippen LogP contribution in [0.3, 0.4) is 0 Å². The first kappa shape index (κ1) is 19.7. The Morgan fingerprint density at radius 1 is 1.21 bits per heavy atom. The molecule has 0 saturated carbocycles. The Morgan fingerprint density at radius 3 is 2.46 bits per heavy atom. The lowest BCUT2D eigenvalue weighted by atomic mass is 9.76. The molecule has 146 valence electrons. The molecule has 0 bridgehead atoms. The number of ether oxygens (including phenoxy) is 2. The van der Waals surface area contributed by atoms with E-state index in [0.717, 1.165) is 5.57 Å². The summed E-state index contributed by atoms with van der Waals surface area (Å²) in [5.74, 6) is -0.0440. The highest BCUT2D eigenvalue weighted by molar-refractivity contribution is 6.00. The average Bonchev–Trinajstić information content (AvgIpc) is 2.67. The molecule has 0 radical (unpaired) electrons. The molecule has 1 amide bonds. The topological polar surface area (TPSA) is 88.0 Å². The highest BCUT2D eigenvalue weighted by atomic mass is 16.5. The van der Waals surface area contributed by atoms with Crippen LogP contribution in [0, 0.1) is 0 Å². The number of fused-ring (bicyclic) bond motifs is 1. The van der Waals surface area contributed by atoms with Crippen LogP contribution in [0.1, 0.15) is 23.6 Å². The van der Waals surface area contributed by atoms with Crippen molar-refractivity contribution in [2.75, 3.05) is 19.5 Å². The Hall–Kier alpha value is -3.09. The number of benzene rings is 2. The zero-order chi connectivity index (χ0) is 20.5. The maximum Gasteiger partial charge on any atom is 0.257 e. The molecule has 1 aliphatic rings. The van der Waals surface area contributed by atoms with Gasteiger partial charge in [0.2, 0.25) is 0 Å². The largest absolute Gasteiger partial charge is 0.507 e. The molecule has 6 nitrogen and oxygen atoms in total. The number of nitrogens with one attached hydrogen (secondary N) is 1. The van der Waals surface area contributed by atoms with Gasteiger partial charge in [0.05, 0.1) is 18.4 Å². The highest BCUT2D eigenvalue weighted by Gasteiger charge is 2.51. The van der Waals surface area contributed by atoms with Gasteiger partial charge in [-0.3, -0.25) is 4.79 Å². The first-order valence-corrected chi connectivity index (χ1v) is 8.73. The summed E-state index contributed by atoms with van der Waals surface area (Å²) < 4.78 is 10.5. The van der Waals surface area contributed by atoms with Gasteiger partial charge in [0.1, 0.15) is 11.5 Å². The van der Waals surface area contributed by atoms with Crippen molar-refractivity contribution < 1.29 is 24.5 Å². The van der Waals surface area contributed by atoms with Gasteiger partial charge >= 0.3 is 0 Å². The molecule has 2 atom stereocenters. The Kier molecular flexibility index (Phi) is 5.27. The smallest absolute Gasteiger partial charge is 0.257 e. The molecule has 0 saturated heterocycles. The van der Waals surface area contributed by atoms with E-state index in [2.05, 4.69) is 11.9 Å². The third-order valence-corrected chi connectivity index (χ3v) is 4.78. The lowest BCUT2D eigenvalue weighted by Crippen LogP contribution is -2.52. The molecule has 1 aliphatic heterocycles. The van der Waals surface area contributed by atoms with Crippen molar-refractivity contribution in [1.82, 2.24) is 0 Å². The summed E-state index contributed by atoms with van der Waals surface area (Å²) in [6.45, 7) is 5.64. The van der Waals surface area contributed by atoms with Crippen LogP contribution in [-0.2, 0) is 15.1 Å². The summed E-state index contributed by atoms with van der Waals surface area (Å²) in [5.41, 5.74) is 0.294. The van der Waals surface area contributed by atoms with Gasteiger partial charge < -0.3 is 25.0 Å². The van der Waals surface area contributed by atoms with Crippen molar-refractivity contribution in [2.24, 2.45) is 0 Å². The third kappa shape index (κ3) is 3.17. The third-order valence-electron chi connectivity index (χ3n) is 4.78. The zero-order valence-electron chi connectivity index (χ0n) is 16.0. The summed E-state index contributed by atoms with van der Waals surface area (Å²) in [5, 5.41) is 25.4. The lowest BCUT2D eigenvalue weighted by Gasteiger charge is -2.40. The fourth-order valence-electron chi connectivity index (χ4n) is 3.40. The second-order valence-electron chi connectivity index (χ2n) is 6.71. The number of hydrogen-bond donors (Lipinski definition) is 3. The maximum absolute atomic E-state index is 12.6. The van der Waals surface area contributed by atoms with Crippen molar-refractivity contribution in [3.63, 3.8) is 0 Å². The molecular weight excluding hydrogens is 358 g/mol. The predicted octanol–water partition coefficient (Wildman–Crippen LogP) is 3.19. The number of anilines is 1. The van der Waals surface area contributed by atoms with E-state index in [-0.39, 0.29) is 11.3 Å². The fourth-order valence-corrected chi connectivity index (χ4v) is 3.40. The number of phenolic OH excluding ortho intramolecular Hbond substituents is 1. The maximum atomic E-state index is 12.6. The van der Waals surface area contributed by atoms with Gasteiger partial charge in [-0.25, -0.2) is 0 Å². The SMILES string of the molecule is C=C(C)C=Cc1ccc2c(c1O)C(O)(c1ccc(OC)cc1)C(OC)C(=O)N2. The van der Waals surface area contributed by atoms with Gasteiger partial charge in [0, 0.05) is 12.7 Å². The number of allylic oxidation sites excluding steroid dienone is 2. The van der Waals surface area contributed by atoms with Crippen LogP contribution in [0.25, 0.3) is 6.08 Å². The van der Waals surface area contributed by atoms with Crippen LogP contribution in [-0.4, -0.2) is 36.4 Å². The van der Waals surface area contributed by atoms with Crippen LogP contribution in [0.2, 0.25) is 0 Å². The van der Waals surface area contributed by atoms with Crippen LogP contribution < -0.4 is 10.1 Å². The zero-order valence-corrected chi connectivity index (χ0v) is 16.0. The van der Waals surface area contributed by atoms with E-state index in [1.165, 1.54) is 14.2 Å². The minimum absolute atomic E-state index is 0.143. The molecule has 1 heterocycles. The van der Waals surface area contributed by atoms with Crippen LogP contribution in [0.15, 0.2) is 54.6 Å². The number of rotatable bonds is 5. The summed E-state index contributed by atoms with van der Waals surface area (Å²) in [7, 11) is 2.88. The monoisotopic (exact) mass is 381 g/mol. The normalized spacial score (nSPS) is 21.3. The standard InChI is InChI=1S/C22H23NO5/c1-13(2)5-6-14-7-12-17-18(19(14)24)22(26,20(28-4)21(25)23-17)15-8-10-16(27-3)11-9-15/h5-12,20,24,26H,1H2,2-4H3,(H,23,25). The Bertz CT molecular complexity index is 948. The Morgan fingerprint density at radius 2 is 1.89 bits per heavy atom. The van der Waals surface area contributed by atoms with Crippen molar-refractivity contribution in [1.29, 1.82) is 0 Å². The van der Waals surface area contributed by atoms with Gasteiger partial charge in [-0.2, -0.15) is 0 Å². The summed E-state index contributed by atoms with van der Waals surface area (Å²) in [4.78, 5) is 12.6. The number of aliphatic hydroxyl groups is 1. The van der Waals surface area contributed by atoms with Crippen molar-refractivity contribution >= 4 is 17.7 Å². The molecule has 2 aromatic carbocycles. The van der Waals surface area contributed by atoms with E-state index >= 15 is 0 Å². The van der Waals surface area contributed by atoms with Crippen LogP contribution in [0.5, 0.6) is 11.5 Å². The van der Waals surface area contributed by atoms with Gasteiger partial charge in [0.15, 0.2) is 11.7 Å². The Balaban J connectivity index is 2.26. The first-order chi connectivity index (χ1) is 13.3. The molecule has 3 N–H and O–H groups in total. The van der Waals surface area contributed by atoms with Crippen LogP contribution in [0.4, 0.5) is 5.69 Å². The van der Waals surface area contributed by atoms with Gasteiger partial charge in [0.25, 0.3) is 5.91 Å². The number of carbonyl (C=O) groups is 1. The number of carbonyl (C=O) groups excluding carboxylic acids is 1. The van der Waals surface area contributed by atoms with Crippen LogP contribution >= 0.6 is 0 Å². The number of methoxy groups -OCH3 is 2. The van der Waals surface area contributed by atoms with Crippen molar-refractivity contribution in [3.8, 4) is 11.5 Å². The van der Waals surface area contributed by atoms with Gasteiger partial charge in [-0.15, -0.1) is 0 Å². The minimum Gasteiger partial charge on any atom is -0.507 e. The minimum atomic E-state index is -1.89. The van der Waals surface area contributed by atoms with Gasteiger partial charge in [-0.1, -0.05) is 36.4 Å². The molecule has 0 aliphatic carbocycles. The van der Waals surface area contributed by atoms with E-state index in [9.17, 15) is 15.0 Å². The first-order valence-electron chi connectivity index (χ1n) is 8.73. The highest BCUT2D eigenvalue weighted by Crippen LogP contribution is 2.48. The van der Waals surface area contributed by atoms with Crippen molar-refractivity contribution in [3.05, 3.63) is 71.3 Å². The summed E-state index contributed by atoms with van der Waals surface area (Å²) >= 11 is 0. The number of aromatic hydroxyl groups is 1. The molecule has 0 fully saturated rings. The lowest BCUT2D eigenvalue weighted by molar-refractivity contribution is -0.142. The summed E-state index contributed by atoms with van der Waals surface area (Å²) in [6.07, 6.45) is 2.20. The van der Waals surface area contributed by atoms with E-state index in [1.807, 2.05) is 6.92 Å². The average molecular weight is 381 g/mol. The summed E-state index contributed by atoms with van der Waals surface area (Å²) in [6, 6.07) is 9.94. The fraction of sp³-hybridized carbons (Fsp3) is 0.227. The Labute approximate surface area is 163 Å². The molecular formula is C22H23NO5. The number of phenols is 1. The number of amides is 1. The van der Waals surface area contributed by atoms with E-state index < -0.39 is 17.6 Å². The van der Waals surface area contributed by atoms with Gasteiger partial charge in [-0.05, 0) is 36.8 Å². The molecule has 28 heavy (non-hydrogen) atoms. The van der Waals surface area contributed by atoms with E-state index in [4.69, 9.17) is 9.47 Å². The molecule has 2 unspecified atom stereocenters. The molecule has 0 aromatic heterocycles.